The normalized spacial score (nSPS) is 11.1. The minimum atomic E-state index is 1.01. The number of pyridine rings is 1. The lowest BCUT2D eigenvalue weighted by molar-refractivity contribution is 1.36. The average Bonchev–Trinajstić information content (AvgIpc) is 3.17. The lowest BCUT2D eigenvalue weighted by Crippen LogP contribution is -1.84. The number of rotatable bonds is 3. The summed E-state index contributed by atoms with van der Waals surface area (Å²) in [5.74, 6) is 0. The first-order valence-corrected chi connectivity index (χ1v) is 10.6. The molecule has 0 aliphatic rings. The van der Waals surface area contributed by atoms with Crippen molar-refractivity contribution in [2.24, 2.45) is 0 Å². The van der Waals surface area contributed by atoms with Crippen LogP contribution in [-0.4, -0.2) is 4.98 Å². The highest BCUT2D eigenvalue weighted by molar-refractivity contribution is 7.22. The van der Waals surface area contributed by atoms with Crippen LogP contribution < -0.4 is 0 Å². The Morgan fingerprint density at radius 2 is 1.34 bits per heavy atom. The fourth-order valence-corrected chi connectivity index (χ4v) is 4.85. The van der Waals surface area contributed by atoms with Crippen molar-refractivity contribution in [3.05, 3.63) is 102 Å². The third-order valence-corrected chi connectivity index (χ3v) is 6.31. The van der Waals surface area contributed by atoms with Crippen LogP contribution in [0.15, 0.2) is 91.1 Å². The Morgan fingerprint density at radius 3 is 2.14 bits per heavy atom. The third kappa shape index (κ3) is 3.59. The number of hydrogen-bond acceptors (Lipinski definition) is 2. The fourth-order valence-electron chi connectivity index (χ4n) is 3.85. The second kappa shape index (κ2) is 7.31. The van der Waals surface area contributed by atoms with Gasteiger partial charge in [-0.15, -0.1) is 11.3 Å². The van der Waals surface area contributed by atoms with Gasteiger partial charge in [-0.05, 0) is 54.1 Å². The van der Waals surface area contributed by atoms with Crippen LogP contribution in [0.5, 0.6) is 0 Å². The van der Waals surface area contributed by atoms with Crippen LogP contribution in [0.25, 0.3) is 42.9 Å². The van der Waals surface area contributed by atoms with Crippen LogP contribution in [-0.2, 0) is 0 Å². The summed E-state index contributed by atoms with van der Waals surface area (Å²) in [6.07, 6.45) is 2.01. The van der Waals surface area contributed by atoms with Crippen molar-refractivity contribution in [3.8, 4) is 32.8 Å². The first kappa shape index (κ1) is 17.8. The molecule has 0 saturated carbocycles. The Labute approximate surface area is 175 Å². The summed E-state index contributed by atoms with van der Waals surface area (Å²) in [6.45, 7) is 4.31. The van der Waals surface area contributed by atoms with E-state index in [1.165, 1.54) is 42.8 Å². The average molecular weight is 392 g/mol. The number of fused-ring (bicyclic) bond motifs is 1. The Bertz CT molecular complexity index is 1290. The topological polar surface area (TPSA) is 12.9 Å². The molecule has 1 nitrogen and oxygen atoms in total. The fraction of sp³-hybridized carbons (Fsp3) is 0.0741. The van der Waals surface area contributed by atoms with E-state index in [4.69, 9.17) is 4.98 Å². The Balaban J connectivity index is 1.55. The van der Waals surface area contributed by atoms with Crippen LogP contribution in [0.3, 0.4) is 0 Å². The maximum Gasteiger partial charge on any atom is 0.0709 e. The van der Waals surface area contributed by atoms with E-state index in [9.17, 15) is 0 Å². The predicted molar refractivity (Wildman–Crippen MR) is 125 cm³/mol. The summed E-state index contributed by atoms with van der Waals surface area (Å²) >= 11 is 1.81. The molecular weight excluding hydrogens is 370 g/mol. The number of benzene rings is 3. The molecule has 0 aliphatic heterocycles. The Hall–Kier alpha value is -3.23. The third-order valence-electron chi connectivity index (χ3n) is 5.18. The van der Waals surface area contributed by atoms with Crippen LogP contribution in [0.1, 0.15) is 11.1 Å². The van der Waals surface area contributed by atoms with E-state index in [1.54, 1.807) is 0 Å². The van der Waals surface area contributed by atoms with Gasteiger partial charge in [0, 0.05) is 16.6 Å². The summed E-state index contributed by atoms with van der Waals surface area (Å²) in [6, 6.07) is 30.3. The van der Waals surface area contributed by atoms with E-state index in [1.807, 2.05) is 23.6 Å². The SMILES string of the molecule is Cc1cc(C)cc(-c2cc3cc(-c4cccc(-c5ccccc5)c4)ncc3s2)c1. The largest absolute Gasteiger partial charge is 0.255 e. The minimum absolute atomic E-state index is 1.01. The van der Waals surface area contributed by atoms with Gasteiger partial charge < -0.3 is 0 Å². The number of aromatic nitrogens is 1. The van der Waals surface area contributed by atoms with Gasteiger partial charge >= 0.3 is 0 Å². The molecule has 0 radical (unpaired) electrons. The van der Waals surface area contributed by atoms with E-state index in [0.717, 1.165) is 11.3 Å². The molecule has 0 atom stereocenters. The summed E-state index contributed by atoms with van der Waals surface area (Å²) in [5, 5.41) is 1.25. The molecule has 0 bridgehead atoms. The Kier molecular flexibility index (Phi) is 4.49. The van der Waals surface area contributed by atoms with Crippen molar-refractivity contribution >= 4 is 21.4 Å². The van der Waals surface area contributed by atoms with E-state index in [-0.39, 0.29) is 0 Å². The van der Waals surface area contributed by atoms with Crippen LogP contribution in [0, 0.1) is 13.8 Å². The highest BCUT2D eigenvalue weighted by Gasteiger charge is 2.09. The zero-order chi connectivity index (χ0) is 19.8. The first-order valence-electron chi connectivity index (χ1n) is 9.80. The van der Waals surface area contributed by atoms with Crippen molar-refractivity contribution in [1.29, 1.82) is 0 Å². The minimum Gasteiger partial charge on any atom is -0.255 e. The van der Waals surface area contributed by atoms with Crippen LogP contribution in [0.4, 0.5) is 0 Å². The molecular formula is C27H21NS. The van der Waals surface area contributed by atoms with Crippen molar-refractivity contribution < 1.29 is 0 Å². The number of nitrogens with zero attached hydrogens (tertiary/aromatic N) is 1. The molecule has 0 aliphatic carbocycles. The Morgan fingerprint density at radius 1 is 0.621 bits per heavy atom. The van der Waals surface area contributed by atoms with Crippen molar-refractivity contribution in [3.63, 3.8) is 0 Å². The van der Waals surface area contributed by atoms with Gasteiger partial charge in [0.15, 0.2) is 0 Å². The highest BCUT2D eigenvalue weighted by Crippen LogP contribution is 2.36. The van der Waals surface area contributed by atoms with Gasteiger partial charge in [0.05, 0.1) is 10.4 Å². The summed E-state index contributed by atoms with van der Waals surface area (Å²) in [4.78, 5) is 6.06. The van der Waals surface area contributed by atoms with E-state index in [0.29, 0.717) is 0 Å². The van der Waals surface area contributed by atoms with Gasteiger partial charge in [0.2, 0.25) is 0 Å². The smallest absolute Gasteiger partial charge is 0.0709 e. The molecule has 0 unspecified atom stereocenters. The molecule has 0 N–H and O–H groups in total. The van der Waals surface area contributed by atoms with Gasteiger partial charge in [-0.2, -0.15) is 0 Å². The summed E-state index contributed by atoms with van der Waals surface area (Å²) in [5.41, 5.74) is 8.49. The van der Waals surface area contributed by atoms with E-state index < -0.39 is 0 Å². The lowest BCUT2D eigenvalue weighted by Gasteiger charge is -2.05. The highest BCUT2D eigenvalue weighted by atomic mass is 32.1. The van der Waals surface area contributed by atoms with Crippen molar-refractivity contribution in [2.45, 2.75) is 13.8 Å². The maximum atomic E-state index is 4.76. The van der Waals surface area contributed by atoms with Crippen molar-refractivity contribution in [2.75, 3.05) is 0 Å². The van der Waals surface area contributed by atoms with E-state index in [2.05, 4.69) is 92.7 Å². The zero-order valence-electron chi connectivity index (χ0n) is 16.5. The molecule has 5 rings (SSSR count). The monoisotopic (exact) mass is 391 g/mol. The van der Waals surface area contributed by atoms with Crippen LogP contribution >= 0.6 is 11.3 Å². The molecule has 0 spiro atoms. The number of hydrogen-bond donors (Lipinski definition) is 0. The molecule has 2 aromatic heterocycles. The molecule has 2 heteroatoms. The summed E-state index contributed by atoms with van der Waals surface area (Å²) in [7, 11) is 0. The van der Waals surface area contributed by atoms with Gasteiger partial charge in [-0.25, -0.2) is 0 Å². The molecule has 5 aromatic rings. The van der Waals surface area contributed by atoms with Gasteiger partial charge in [0.25, 0.3) is 0 Å². The molecule has 0 saturated heterocycles. The number of aryl methyl sites for hydroxylation is 2. The standard InChI is InChI=1S/C27H21NS/c1-18-11-19(2)13-23(12-18)26-16-24-15-25(28-17-27(24)29-26)22-10-6-9-21(14-22)20-7-4-3-5-8-20/h3-17H,1-2H3. The van der Waals surface area contributed by atoms with E-state index >= 15 is 0 Å². The van der Waals surface area contributed by atoms with Gasteiger partial charge in [0.1, 0.15) is 0 Å². The maximum absolute atomic E-state index is 4.76. The first-order chi connectivity index (χ1) is 14.2. The molecule has 3 aromatic carbocycles. The van der Waals surface area contributed by atoms with Gasteiger partial charge in [-0.3, -0.25) is 4.98 Å². The molecule has 140 valence electrons. The van der Waals surface area contributed by atoms with Gasteiger partial charge in [-0.1, -0.05) is 77.9 Å². The lowest BCUT2D eigenvalue weighted by atomic mass is 10.0. The molecule has 2 heterocycles. The molecule has 0 fully saturated rings. The predicted octanol–water partition coefficient (Wildman–Crippen LogP) is 7.91. The summed E-state index contributed by atoms with van der Waals surface area (Å²) < 4.78 is 1.22. The zero-order valence-corrected chi connectivity index (χ0v) is 17.3. The second-order valence-corrected chi connectivity index (χ2v) is 8.63. The molecule has 29 heavy (non-hydrogen) atoms. The quantitative estimate of drug-likeness (QED) is 0.304. The molecule has 0 amide bonds. The number of thiophene rings is 1. The second-order valence-electron chi connectivity index (χ2n) is 7.54. The van der Waals surface area contributed by atoms with Crippen LogP contribution in [0.2, 0.25) is 0 Å². The van der Waals surface area contributed by atoms with Crippen molar-refractivity contribution in [1.82, 2.24) is 4.98 Å².